The van der Waals surface area contributed by atoms with Gasteiger partial charge in [0.25, 0.3) is 0 Å². The summed E-state index contributed by atoms with van der Waals surface area (Å²) >= 11 is 0. The topological polar surface area (TPSA) is 98.8 Å². The quantitative estimate of drug-likeness (QED) is 0.409. The molecule has 0 radical (unpaired) electrons. The molecule has 0 saturated carbocycles. The smallest absolute Gasteiger partial charge is 0.409 e. The SMILES string of the molecule is C=C[C@@H](C1=C(O)C[C@@](CCC)(CCc2ccccc2)OC1=O)c1cccc(OC(N)=O)c1. The number of hydrogen-bond donors (Lipinski definition) is 2. The first-order chi connectivity index (χ1) is 15.4. The Hall–Kier alpha value is -3.54. The summed E-state index contributed by atoms with van der Waals surface area (Å²) in [5.41, 5.74) is 6.28. The molecule has 2 aromatic carbocycles. The summed E-state index contributed by atoms with van der Waals surface area (Å²) < 4.78 is 10.9. The third kappa shape index (κ3) is 5.38. The minimum Gasteiger partial charge on any atom is -0.512 e. The second-order valence-electron chi connectivity index (χ2n) is 8.05. The number of aliphatic hydroxyl groups excluding tert-OH is 1. The van der Waals surface area contributed by atoms with Crippen molar-refractivity contribution in [2.45, 2.75) is 50.5 Å². The van der Waals surface area contributed by atoms with Gasteiger partial charge in [0.1, 0.15) is 17.1 Å². The Morgan fingerprint density at radius 1 is 1.25 bits per heavy atom. The second-order valence-corrected chi connectivity index (χ2v) is 8.05. The van der Waals surface area contributed by atoms with E-state index in [2.05, 4.69) is 6.58 Å². The zero-order valence-corrected chi connectivity index (χ0v) is 18.3. The van der Waals surface area contributed by atoms with E-state index >= 15 is 0 Å². The van der Waals surface area contributed by atoms with E-state index in [1.54, 1.807) is 30.3 Å². The van der Waals surface area contributed by atoms with Crippen LogP contribution in [0.2, 0.25) is 0 Å². The molecule has 0 spiro atoms. The van der Waals surface area contributed by atoms with Crippen molar-refractivity contribution in [1.82, 2.24) is 0 Å². The first kappa shape index (κ1) is 23.1. The lowest BCUT2D eigenvalue weighted by Gasteiger charge is -2.38. The lowest BCUT2D eigenvalue weighted by Crippen LogP contribution is -2.41. The van der Waals surface area contributed by atoms with Gasteiger partial charge in [-0.3, -0.25) is 0 Å². The van der Waals surface area contributed by atoms with Gasteiger partial charge in [-0.15, -0.1) is 6.58 Å². The molecule has 0 aliphatic carbocycles. The predicted octanol–water partition coefficient (Wildman–Crippen LogP) is 5.34. The van der Waals surface area contributed by atoms with Crippen LogP contribution in [-0.2, 0) is 16.0 Å². The van der Waals surface area contributed by atoms with Crippen LogP contribution in [0.15, 0.2) is 78.6 Å². The van der Waals surface area contributed by atoms with E-state index in [-0.39, 0.29) is 23.5 Å². The van der Waals surface area contributed by atoms with Gasteiger partial charge in [-0.1, -0.05) is 61.9 Å². The van der Waals surface area contributed by atoms with Crippen LogP contribution in [-0.4, -0.2) is 22.8 Å². The van der Waals surface area contributed by atoms with Gasteiger partial charge in [-0.25, -0.2) is 9.59 Å². The Morgan fingerprint density at radius 3 is 2.62 bits per heavy atom. The summed E-state index contributed by atoms with van der Waals surface area (Å²) in [6.07, 6.45) is 3.72. The van der Waals surface area contributed by atoms with Gasteiger partial charge in [-0.05, 0) is 42.5 Å². The molecule has 32 heavy (non-hydrogen) atoms. The van der Waals surface area contributed by atoms with Crippen molar-refractivity contribution < 1.29 is 24.2 Å². The van der Waals surface area contributed by atoms with Crippen molar-refractivity contribution in [3.05, 3.63) is 89.7 Å². The van der Waals surface area contributed by atoms with Crippen molar-refractivity contribution in [2.24, 2.45) is 5.73 Å². The normalized spacial score (nSPS) is 19.2. The van der Waals surface area contributed by atoms with Crippen molar-refractivity contribution in [3.8, 4) is 5.75 Å². The summed E-state index contributed by atoms with van der Waals surface area (Å²) in [5, 5.41) is 11.0. The maximum absolute atomic E-state index is 13.1. The molecule has 0 bridgehead atoms. The molecule has 3 rings (SSSR count). The molecule has 6 heteroatoms. The maximum Gasteiger partial charge on any atom is 0.409 e. The van der Waals surface area contributed by atoms with Crippen molar-refractivity contribution >= 4 is 12.1 Å². The number of esters is 1. The number of aryl methyl sites for hydroxylation is 1. The molecular formula is C26H29NO5. The molecule has 1 amide bonds. The highest BCUT2D eigenvalue weighted by molar-refractivity contribution is 5.92. The van der Waals surface area contributed by atoms with Crippen molar-refractivity contribution in [1.29, 1.82) is 0 Å². The van der Waals surface area contributed by atoms with Crippen LogP contribution in [0.25, 0.3) is 0 Å². The molecule has 3 N–H and O–H groups in total. The van der Waals surface area contributed by atoms with Gasteiger partial charge in [-0.2, -0.15) is 0 Å². The van der Waals surface area contributed by atoms with E-state index in [4.69, 9.17) is 15.2 Å². The molecular weight excluding hydrogens is 406 g/mol. The van der Waals surface area contributed by atoms with Crippen LogP contribution in [0, 0.1) is 0 Å². The van der Waals surface area contributed by atoms with Gasteiger partial charge >= 0.3 is 12.1 Å². The van der Waals surface area contributed by atoms with Gasteiger partial charge in [0.15, 0.2) is 0 Å². The monoisotopic (exact) mass is 435 g/mol. The third-order valence-corrected chi connectivity index (χ3v) is 5.73. The summed E-state index contributed by atoms with van der Waals surface area (Å²) in [5.74, 6) is -0.919. The lowest BCUT2D eigenvalue weighted by atomic mass is 9.80. The number of ether oxygens (including phenoxy) is 2. The Morgan fingerprint density at radius 2 is 2.00 bits per heavy atom. The predicted molar refractivity (Wildman–Crippen MR) is 122 cm³/mol. The molecule has 2 aromatic rings. The van der Waals surface area contributed by atoms with Crippen LogP contribution >= 0.6 is 0 Å². The van der Waals surface area contributed by atoms with E-state index in [1.807, 2.05) is 37.3 Å². The minimum atomic E-state index is -0.931. The van der Waals surface area contributed by atoms with Crippen molar-refractivity contribution in [3.63, 3.8) is 0 Å². The number of aliphatic hydroxyl groups is 1. The highest BCUT2D eigenvalue weighted by atomic mass is 16.6. The summed E-state index contributed by atoms with van der Waals surface area (Å²) in [4.78, 5) is 24.2. The Balaban J connectivity index is 1.88. The Bertz CT molecular complexity index is 1010. The van der Waals surface area contributed by atoms with Crippen LogP contribution in [0.3, 0.4) is 0 Å². The first-order valence-electron chi connectivity index (χ1n) is 10.8. The summed E-state index contributed by atoms with van der Waals surface area (Å²) in [6, 6.07) is 16.6. The zero-order chi connectivity index (χ0) is 23.1. The largest absolute Gasteiger partial charge is 0.512 e. The van der Waals surface area contributed by atoms with E-state index in [1.165, 1.54) is 0 Å². The molecule has 1 aliphatic heterocycles. The number of cyclic esters (lactones) is 1. The average Bonchev–Trinajstić information content (AvgIpc) is 2.75. The number of primary amides is 1. The summed E-state index contributed by atoms with van der Waals surface area (Å²) in [7, 11) is 0. The van der Waals surface area contributed by atoms with Crippen LogP contribution in [0.1, 0.15) is 49.7 Å². The number of carbonyl (C=O) groups excluding carboxylic acids is 2. The van der Waals surface area contributed by atoms with Crippen LogP contribution in [0.5, 0.6) is 5.75 Å². The van der Waals surface area contributed by atoms with E-state index < -0.39 is 23.6 Å². The molecule has 2 atom stereocenters. The Kier molecular flexibility index (Phi) is 7.36. The van der Waals surface area contributed by atoms with Crippen molar-refractivity contribution in [2.75, 3.05) is 0 Å². The molecule has 1 aliphatic rings. The van der Waals surface area contributed by atoms with E-state index in [0.29, 0.717) is 18.4 Å². The van der Waals surface area contributed by atoms with Gasteiger partial charge in [0.2, 0.25) is 0 Å². The molecule has 0 fully saturated rings. The van der Waals surface area contributed by atoms with E-state index in [9.17, 15) is 14.7 Å². The van der Waals surface area contributed by atoms with Gasteiger partial charge in [0.05, 0.1) is 5.57 Å². The number of benzene rings is 2. The molecule has 0 saturated heterocycles. The fourth-order valence-corrected chi connectivity index (χ4v) is 4.30. The molecule has 1 heterocycles. The zero-order valence-electron chi connectivity index (χ0n) is 18.3. The second kappa shape index (κ2) is 10.2. The molecule has 0 unspecified atom stereocenters. The molecule has 6 nitrogen and oxygen atoms in total. The van der Waals surface area contributed by atoms with E-state index in [0.717, 1.165) is 18.4 Å². The van der Waals surface area contributed by atoms with Crippen LogP contribution < -0.4 is 10.5 Å². The lowest BCUT2D eigenvalue weighted by molar-refractivity contribution is -0.161. The Labute approximate surface area is 188 Å². The van der Waals surface area contributed by atoms with Crippen LogP contribution in [0.4, 0.5) is 4.79 Å². The molecule has 168 valence electrons. The number of allylic oxidation sites excluding steroid dienone is 1. The standard InChI is InChI=1S/C26H29NO5/c1-3-14-26(15-13-18-9-6-5-7-10-18)17-22(28)23(24(29)32-26)21(4-2)19-11-8-12-20(16-19)31-25(27)30/h4-12,16,21,28H,2-3,13-15,17H2,1H3,(H2,27,30)/t21-,26-/m1/s1. The number of carbonyl (C=O) groups is 2. The minimum absolute atomic E-state index is 0.00823. The van der Waals surface area contributed by atoms with Gasteiger partial charge in [0, 0.05) is 12.3 Å². The maximum atomic E-state index is 13.1. The average molecular weight is 436 g/mol. The number of hydrogen-bond acceptors (Lipinski definition) is 5. The molecule has 0 aromatic heterocycles. The number of amides is 1. The summed E-state index contributed by atoms with van der Waals surface area (Å²) in [6.45, 7) is 5.87. The highest BCUT2D eigenvalue weighted by Gasteiger charge is 2.42. The number of rotatable bonds is 9. The van der Waals surface area contributed by atoms with Gasteiger partial charge < -0.3 is 20.3 Å². The highest BCUT2D eigenvalue weighted by Crippen LogP contribution is 2.41. The first-order valence-corrected chi connectivity index (χ1v) is 10.8. The fourth-order valence-electron chi connectivity index (χ4n) is 4.30. The third-order valence-electron chi connectivity index (χ3n) is 5.73. The number of nitrogens with two attached hydrogens (primary N) is 1. The fraction of sp³-hybridized carbons (Fsp3) is 0.308.